The SMILES string of the molecule is CCOC(=O)C1=C(C)C=C2C/C(=C/c3ccccc3)C(=O)C2C1c1cccs1. The van der Waals surface area contributed by atoms with Gasteiger partial charge in [0.2, 0.25) is 0 Å². The minimum Gasteiger partial charge on any atom is -0.463 e. The summed E-state index contributed by atoms with van der Waals surface area (Å²) in [5.74, 6) is -0.797. The zero-order chi connectivity index (χ0) is 19.7. The molecule has 2 aromatic rings. The molecule has 4 rings (SSSR count). The summed E-state index contributed by atoms with van der Waals surface area (Å²) < 4.78 is 5.34. The lowest BCUT2D eigenvalue weighted by atomic mass is 9.75. The smallest absolute Gasteiger partial charge is 0.334 e. The maximum atomic E-state index is 13.4. The van der Waals surface area contributed by atoms with Crippen LogP contribution in [0.3, 0.4) is 0 Å². The minimum atomic E-state index is -0.322. The summed E-state index contributed by atoms with van der Waals surface area (Å²) in [7, 11) is 0. The fourth-order valence-electron chi connectivity index (χ4n) is 4.20. The molecule has 0 saturated heterocycles. The number of carbonyl (C=O) groups is 2. The summed E-state index contributed by atoms with van der Waals surface area (Å²) in [6.45, 7) is 4.07. The van der Waals surface area contributed by atoms with Crippen LogP contribution in [0.1, 0.15) is 36.6 Å². The number of benzene rings is 1. The van der Waals surface area contributed by atoms with E-state index in [1.807, 2.05) is 66.9 Å². The molecule has 1 saturated carbocycles. The second-order valence-corrected chi connectivity index (χ2v) is 8.11. The Kier molecular flexibility index (Phi) is 5.14. The third kappa shape index (κ3) is 3.29. The number of allylic oxidation sites excluding steroid dienone is 4. The van der Waals surface area contributed by atoms with E-state index in [0.717, 1.165) is 27.2 Å². The Balaban J connectivity index is 1.78. The Morgan fingerprint density at radius 3 is 2.64 bits per heavy atom. The highest BCUT2D eigenvalue weighted by molar-refractivity contribution is 7.10. The average Bonchev–Trinajstić information content (AvgIpc) is 3.31. The Labute approximate surface area is 169 Å². The van der Waals surface area contributed by atoms with Crippen molar-refractivity contribution >= 4 is 29.2 Å². The summed E-state index contributed by atoms with van der Waals surface area (Å²) in [5.41, 5.74) is 4.44. The third-order valence-corrected chi connectivity index (χ3v) is 6.31. The molecule has 0 bridgehead atoms. The first-order chi connectivity index (χ1) is 13.6. The van der Waals surface area contributed by atoms with Gasteiger partial charge in [0.05, 0.1) is 12.5 Å². The number of carbonyl (C=O) groups excluding carboxylic acids is 2. The zero-order valence-electron chi connectivity index (χ0n) is 16.0. The van der Waals surface area contributed by atoms with Crippen molar-refractivity contribution in [1.82, 2.24) is 0 Å². The summed E-state index contributed by atoms with van der Waals surface area (Å²) in [6.07, 6.45) is 4.63. The zero-order valence-corrected chi connectivity index (χ0v) is 16.8. The fourth-order valence-corrected chi connectivity index (χ4v) is 5.08. The highest BCUT2D eigenvalue weighted by Gasteiger charge is 2.46. The summed E-state index contributed by atoms with van der Waals surface area (Å²) in [5, 5.41) is 1.99. The summed E-state index contributed by atoms with van der Waals surface area (Å²) in [4.78, 5) is 27.2. The van der Waals surface area contributed by atoms with Crippen molar-refractivity contribution in [2.45, 2.75) is 26.2 Å². The van der Waals surface area contributed by atoms with Gasteiger partial charge in [-0.1, -0.05) is 48.0 Å². The molecule has 1 aromatic heterocycles. The molecule has 0 spiro atoms. The number of Topliss-reactive ketones (excluding diaryl/α,β-unsaturated/α-hetero) is 1. The van der Waals surface area contributed by atoms with Gasteiger partial charge >= 0.3 is 5.97 Å². The number of hydrogen-bond donors (Lipinski definition) is 0. The van der Waals surface area contributed by atoms with Crippen LogP contribution in [0.2, 0.25) is 0 Å². The first kappa shape index (κ1) is 18.6. The number of fused-ring (bicyclic) bond motifs is 1. The number of rotatable bonds is 4. The van der Waals surface area contributed by atoms with E-state index >= 15 is 0 Å². The Bertz CT molecular complexity index is 994. The normalized spacial score (nSPS) is 23.0. The van der Waals surface area contributed by atoms with Crippen molar-refractivity contribution in [2.75, 3.05) is 6.61 Å². The molecule has 1 heterocycles. The molecule has 0 aliphatic heterocycles. The van der Waals surface area contributed by atoms with Crippen molar-refractivity contribution in [2.24, 2.45) is 5.92 Å². The first-order valence-corrected chi connectivity index (χ1v) is 10.4. The van der Waals surface area contributed by atoms with Gasteiger partial charge in [-0.2, -0.15) is 0 Å². The van der Waals surface area contributed by atoms with E-state index in [1.54, 1.807) is 18.3 Å². The van der Waals surface area contributed by atoms with Crippen molar-refractivity contribution in [3.63, 3.8) is 0 Å². The second kappa shape index (κ2) is 7.72. The second-order valence-electron chi connectivity index (χ2n) is 7.13. The maximum absolute atomic E-state index is 13.4. The predicted molar refractivity (Wildman–Crippen MR) is 112 cm³/mol. The van der Waals surface area contributed by atoms with E-state index in [4.69, 9.17) is 4.74 Å². The average molecular weight is 391 g/mol. The molecule has 1 aromatic carbocycles. The van der Waals surface area contributed by atoms with Crippen LogP contribution < -0.4 is 0 Å². The quantitative estimate of drug-likeness (QED) is 0.524. The van der Waals surface area contributed by atoms with Crippen molar-refractivity contribution in [3.8, 4) is 0 Å². The van der Waals surface area contributed by atoms with Gasteiger partial charge in [-0.05, 0) is 48.9 Å². The molecule has 4 heteroatoms. The van der Waals surface area contributed by atoms with Gasteiger partial charge in [0.15, 0.2) is 5.78 Å². The van der Waals surface area contributed by atoms with Crippen LogP contribution in [0.5, 0.6) is 0 Å². The monoisotopic (exact) mass is 390 g/mol. The predicted octanol–water partition coefficient (Wildman–Crippen LogP) is 5.32. The number of esters is 1. The lowest BCUT2D eigenvalue weighted by Crippen LogP contribution is -2.28. The molecule has 2 aliphatic rings. The maximum Gasteiger partial charge on any atom is 0.334 e. The Morgan fingerprint density at radius 1 is 1.18 bits per heavy atom. The van der Waals surface area contributed by atoms with Crippen LogP contribution in [-0.4, -0.2) is 18.4 Å². The first-order valence-electron chi connectivity index (χ1n) is 9.51. The van der Waals surface area contributed by atoms with Gasteiger partial charge < -0.3 is 4.74 Å². The standard InChI is InChI=1S/C24H22O3S/c1-3-27-24(26)20-15(2)12-17-14-18(13-16-8-5-4-6-9-16)23(25)21(17)22(20)19-10-7-11-28-19/h4-13,21-22H,3,14H2,1-2H3/b18-13-. The molecular formula is C24H22O3S. The largest absolute Gasteiger partial charge is 0.463 e. The number of ketones is 1. The van der Waals surface area contributed by atoms with Gasteiger partial charge in [-0.25, -0.2) is 4.79 Å². The van der Waals surface area contributed by atoms with E-state index < -0.39 is 0 Å². The molecule has 1 fully saturated rings. The van der Waals surface area contributed by atoms with Crippen LogP contribution in [0.4, 0.5) is 0 Å². The van der Waals surface area contributed by atoms with Crippen LogP contribution in [0, 0.1) is 5.92 Å². The van der Waals surface area contributed by atoms with Crippen LogP contribution in [-0.2, 0) is 14.3 Å². The van der Waals surface area contributed by atoms with Crippen LogP contribution in [0.15, 0.2) is 76.2 Å². The van der Waals surface area contributed by atoms with Crippen molar-refractivity contribution < 1.29 is 14.3 Å². The van der Waals surface area contributed by atoms with E-state index in [1.165, 1.54) is 0 Å². The molecule has 142 valence electrons. The molecule has 3 nitrogen and oxygen atoms in total. The van der Waals surface area contributed by atoms with Gasteiger partial charge in [0.1, 0.15) is 0 Å². The molecule has 0 N–H and O–H groups in total. The lowest BCUT2D eigenvalue weighted by Gasteiger charge is -2.29. The van der Waals surface area contributed by atoms with Crippen molar-refractivity contribution in [3.05, 3.63) is 86.7 Å². The van der Waals surface area contributed by atoms with E-state index in [2.05, 4.69) is 0 Å². The van der Waals surface area contributed by atoms with Gasteiger partial charge in [-0.15, -0.1) is 11.3 Å². The number of thiophene rings is 1. The molecule has 0 radical (unpaired) electrons. The van der Waals surface area contributed by atoms with Gasteiger partial charge in [-0.3, -0.25) is 4.79 Å². The summed E-state index contributed by atoms with van der Waals surface area (Å²) in [6, 6.07) is 13.9. The number of hydrogen-bond acceptors (Lipinski definition) is 4. The Morgan fingerprint density at radius 2 is 1.96 bits per heavy atom. The molecular weight excluding hydrogens is 368 g/mol. The van der Waals surface area contributed by atoms with Crippen molar-refractivity contribution in [1.29, 1.82) is 0 Å². The highest BCUT2D eigenvalue weighted by atomic mass is 32.1. The topological polar surface area (TPSA) is 43.4 Å². The van der Waals surface area contributed by atoms with Gasteiger partial charge in [0, 0.05) is 21.9 Å². The van der Waals surface area contributed by atoms with E-state index in [9.17, 15) is 9.59 Å². The molecule has 0 amide bonds. The van der Waals surface area contributed by atoms with Crippen LogP contribution in [0.25, 0.3) is 6.08 Å². The summed E-state index contributed by atoms with van der Waals surface area (Å²) >= 11 is 1.59. The molecule has 2 unspecified atom stereocenters. The van der Waals surface area contributed by atoms with Crippen LogP contribution >= 0.6 is 11.3 Å². The Hall–Kier alpha value is -2.72. The minimum absolute atomic E-state index is 0.114. The molecule has 28 heavy (non-hydrogen) atoms. The van der Waals surface area contributed by atoms with E-state index in [-0.39, 0.29) is 23.6 Å². The number of ether oxygens (including phenoxy) is 1. The highest BCUT2D eigenvalue weighted by Crippen LogP contribution is 2.50. The third-order valence-electron chi connectivity index (χ3n) is 5.35. The molecule has 2 atom stereocenters. The fraction of sp³-hybridized carbons (Fsp3) is 0.250. The van der Waals surface area contributed by atoms with E-state index in [0.29, 0.717) is 18.6 Å². The molecule has 2 aliphatic carbocycles. The lowest BCUT2D eigenvalue weighted by molar-refractivity contribution is -0.139. The van der Waals surface area contributed by atoms with Gasteiger partial charge in [0.25, 0.3) is 0 Å².